The zero-order chi connectivity index (χ0) is 27.7. The Morgan fingerprint density at radius 2 is 1.66 bits per heavy atom. The van der Waals surface area contributed by atoms with Gasteiger partial charge in [-0.2, -0.15) is 8.42 Å². The van der Waals surface area contributed by atoms with Crippen molar-refractivity contribution in [3.63, 3.8) is 0 Å². The van der Waals surface area contributed by atoms with E-state index in [1.165, 1.54) is 5.56 Å². The number of rotatable bonds is 13. The van der Waals surface area contributed by atoms with E-state index in [2.05, 4.69) is 59.7 Å². The van der Waals surface area contributed by atoms with Crippen molar-refractivity contribution in [1.29, 1.82) is 0 Å². The van der Waals surface area contributed by atoms with E-state index in [0.29, 0.717) is 32.8 Å². The third-order valence-corrected chi connectivity index (χ3v) is 6.59. The third kappa shape index (κ3) is 8.89. The molecule has 0 saturated heterocycles. The molecule has 3 aromatic carbocycles. The van der Waals surface area contributed by atoms with Crippen molar-refractivity contribution in [2.24, 2.45) is 0 Å². The molecule has 0 unspecified atom stereocenters. The first-order chi connectivity index (χ1) is 18.1. The Morgan fingerprint density at radius 3 is 2.32 bits per heavy atom. The molecule has 7 nitrogen and oxygen atoms in total. The molecule has 0 saturated carbocycles. The normalized spacial score (nSPS) is 11.3. The first kappa shape index (κ1) is 29.2. The first-order valence-electron chi connectivity index (χ1n) is 12.7. The topological polar surface area (TPSA) is 90.9 Å². The monoisotopic (exact) mass is 539 g/mol. The van der Waals surface area contributed by atoms with Gasteiger partial charge in [-0.05, 0) is 103 Å². The van der Waals surface area contributed by atoms with Gasteiger partial charge < -0.3 is 19.0 Å². The number of carbonyl (C=O) groups is 1. The summed E-state index contributed by atoms with van der Waals surface area (Å²) in [6.45, 7) is 10.6. The van der Waals surface area contributed by atoms with E-state index >= 15 is 0 Å². The van der Waals surface area contributed by atoms with Crippen molar-refractivity contribution in [3.8, 4) is 16.9 Å². The van der Waals surface area contributed by atoms with Gasteiger partial charge in [-0.25, -0.2) is 0 Å². The maximum absolute atomic E-state index is 11.7. The molecule has 0 amide bonds. The fourth-order valence-corrected chi connectivity index (χ4v) is 4.82. The van der Waals surface area contributed by atoms with Crippen LogP contribution in [0.25, 0.3) is 11.1 Å². The lowest BCUT2D eigenvalue weighted by molar-refractivity contribution is -0.133. The van der Waals surface area contributed by atoms with E-state index < -0.39 is 16.1 Å². The van der Waals surface area contributed by atoms with Gasteiger partial charge in [-0.1, -0.05) is 24.3 Å². The van der Waals surface area contributed by atoms with Gasteiger partial charge in [0.25, 0.3) is 0 Å². The largest absolute Gasteiger partial charge is 0.491 e. The molecule has 0 heterocycles. The SMILES string of the molecule is CCOCCOc1cc(C)c(-c2cccc(CNc3ccc(CCC(=O)OS(C)(=O)=O)c(C)c3)c2)c(C)c1. The van der Waals surface area contributed by atoms with Gasteiger partial charge in [0.1, 0.15) is 12.4 Å². The average molecular weight is 540 g/mol. The molecule has 0 atom stereocenters. The molecule has 0 bridgehead atoms. The molecule has 0 aliphatic rings. The van der Waals surface area contributed by atoms with Gasteiger partial charge in [0.2, 0.25) is 0 Å². The summed E-state index contributed by atoms with van der Waals surface area (Å²) in [4.78, 5) is 11.7. The summed E-state index contributed by atoms with van der Waals surface area (Å²) in [7, 11) is -3.78. The number of carbonyl (C=O) groups excluding carboxylic acids is 1. The third-order valence-electron chi connectivity index (χ3n) is 6.10. The highest BCUT2D eigenvalue weighted by Crippen LogP contribution is 2.31. The molecule has 8 heteroatoms. The number of anilines is 1. The van der Waals surface area contributed by atoms with E-state index in [-0.39, 0.29) is 6.42 Å². The van der Waals surface area contributed by atoms with Crippen LogP contribution >= 0.6 is 0 Å². The molecule has 0 aliphatic heterocycles. The van der Waals surface area contributed by atoms with Crippen LogP contribution in [0, 0.1) is 20.8 Å². The smallest absolute Gasteiger partial charge is 0.322 e. The second kappa shape index (κ2) is 13.4. The van der Waals surface area contributed by atoms with E-state index in [4.69, 9.17) is 9.47 Å². The van der Waals surface area contributed by atoms with Crippen LogP contribution in [0.1, 0.15) is 41.2 Å². The van der Waals surface area contributed by atoms with Gasteiger partial charge in [-0.3, -0.25) is 4.79 Å². The Morgan fingerprint density at radius 1 is 0.921 bits per heavy atom. The van der Waals surface area contributed by atoms with Gasteiger partial charge in [0, 0.05) is 18.8 Å². The molecule has 0 aliphatic carbocycles. The molecule has 0 spiro atoms. The number of aryl methyl sites for hydroxylation is 4. The number of hydrogen-bond donors (Lipinski definition) is 1. The summed E-state index contributed by atoms with van der Waals surface area (Å²) in [5.41, 5.74) is 8.80. The molecule has 0 fully saturated rings. The van der Waals surface area contributed by atoms with E-state index in [0.717, 1.165) is 51.1 Å². The highest BCUT2D eigenvalue weighted by molar-refractivity contribution is 7.86. The quantitative estimate of drug-likeness (QED) is 0.219. The minimum absolute atomic E-state index is 0.00663. The molecule has 3 aromatic rings. The fourth-order valence-electron chi connectivity index (χ4n) is 4.40. The van der Waals surface area contributed by atoms with Crippen LogP contribution in [-0.2, 0) is 36.8 Å². The lowest BCUT2D eigenvalue weighted by Crippen LogP contribution is -2.12. The molecule has 3 rings (SSSR count). The molecule has 38 heavy (non-hydrogen) atoms. The summed E-state index contributed by atoms with van der Waals surface area (Å²) < 4.78 is 37.8. The van der Waals surface area contributed by atoms with Gasteiger partial charge in [-0.15, -0.1) is 0 Å². The summed E-state index contributed by atoms with van der Waals surface area (Å²) >= 11 is 0. The zero-order valence-corrected chi connectivity index (χ0v) is 23.6. The van der Waals surface area contributed by atoms with Crippen molar-refractivity contribution >= 4 is 21.8 Å². The maximum atomic E-state index is 11.7. The van der Waals surface area contributed by atoms with Gasteiger partial charge in [0.15, 0.2) is 0 Å². The summed E-state index contributed by atoms with van der Waals surface area (Å²) in [6, 6.07) is 18.6. The van der Waals surface area contributed by atoms with Crippen LogP contribution in [0.4, 0.5) is 5.69 Å². The Hall–Kier alpha value is -3.36. The minimum Gasteiger partial charge on any atom is -0.491 e. The van der Waals surface area contributed by atoms with Gasteiger partial charge in [0.05, 0.1) is 19.3 Å². The molecule has 204 valence electrons. The lowest BCUT2D eigenvalue weighted by atomic mass is 9.94. The predicted octanol–water partition coefficient (Wildman–Crippen LogP) is 5.74. The van der Waals surface area contributed by atoms with Crippen LogP contribution in [0.3, 0.4) is 0 Å². The summed E-state index contributed by atoms with van der Waals surface area (Å²) in [5, 5.41) is 3.47. The molecular formula is C30H37NO6S. The molecule has 0 aromatic heterocycles. The minimum atomic E-state index is -3.78. The van der Waals surface area contributed by atoms with E-state index in [1.54, 1.807) is 0 Å². The van der Waals surface area contributed by atoms with Crippen molar-refractivity contribution < 1.29 is 26.9 Å². The highest BCUT2D eigenvalue weighted by atomic mass is 32.2. The Bertz CT molecular complexity index is 1340. The summed E-state index contributed by atoms with van der Waals surface area (Å²) in [6.07, 6.45) is 1.29. The fraction of sp³-hybridized carbons (Fsp3) is 0.367. The molecular weight excluding hydrogens is 502 g/mol. The number of ether oxygens (including phenoxy) is 2. The predicted molar refractivity (Wildman–Crippen MR) is 151 cm³/mol. The first-order valence-corrected chi connectivity index (χ1v) is 14.5. The van der Waals surface area contributed by atoms with Crippen LogP contribution in [0.5, 0.6) is 5.75 Å². The van der Waals surface area contributed by atoms with Crippen LogP contribution in [0.2, 0.25) is 0 Å². The van der Waals surface area contributed by atoms with Crippen molar-refractivity contribution in [2.45, 2.75) is 47.1 Å². The zero-order valence-electron chi connectivity index (χ0n) is 22.8. The Balaban J connectivity index is 1.63. The Labute approximate surface area is 226 Å². The second-order valence-electron chi connectivity index (χ2n) is 9.33. The van der Waals surface area contributed by atoms with Crippen LogP contribution in [-0.4, -0.2) is 40.5 Å². The summed E-state index contributed by atoms with van der Waals surface area (Å²) in [5.74, 6) is 0.107. The maximum Gasteiger partial charge on any atom is 0.322 e. The molecule has 1 N–H and O–H groups in total. The van der Waals surface area contributed by atoms with Crippen molar-refractivity contribution in [1.82, 2.24) is 0 Å². The van der Waals surface area contributed by atoms with E-state index in [1.807, 2.05) is 32.0 Å². The average Bonchev–Trinajstić information content (AvgIpc) is 2.84. The van der Waals surface area contributed by atoms with Crippen molar-refractivity contribution in [3.05, 3.63) is 82.4 Å². The lowest BCUT2D eigenvalue weighted by Gasteiger charge is -2.15. The number of hydrogen-bond acceptors (Lipinski definition) is 7. The standard InChI is InChI=1S/C30H37NO6S/c1-6-35-14-15-36-28-17-22(3)30(23(4)18-28)26-9-7-8-24(19-26)20-31-27-12-10-25(21(2)16-27)11-13-29(32)37-38(5,33)34/h7-10,12,16-19,31H,6,11,13-15,20H2,1-5H3. The van der Waals surface area contributed by atoms with Crippen molar-refractivity contribution in [2.75, 3.05) is 31.4 Å². The number of benzene rings is 3. The van der Waals surface area contributed by atoms with Gasteiger partial charge >= 0.3 is 16.1 Å². The second-order valence-corrected chi connectivity index (χ2v) is 10.9. The number of nitrogens with one attached hydrogen (secondary N) is 1. The van der Waals surface area contributed by atoms with Crippen LogP contribution < -0.4 is 10.1 Å². The Kier molecular flexibility index (Phi) is 10.3. The van der Waals surface area contributed by atoms with E-state index in [9.17, 15) is 13.2 Å². The molecule has 0 radical (unpaired) electrons. The highest BCUT2D eigenvalue weighted by Gasteiger charge is 2.12. The van der Waals surface area contributed by atoms with Crippen LogP contribution in [0.15, 0.2) is 54.6 Å².